The van der Waals surface area contributed by atoms with Gasteiger partial charge in [-0.15, -0.1) is 0 Å². The third-order valence-electron chi connectivity index (χ3n) is 3.78. The largest absolute Gasteiger partial charge is 0.516 e. The van der Waals surface area contributed by atoms with Gasteiger partial charge in [-0.2, -0.15) is 0 Å². The molecule has 0 amide bonds. The molecule has 1 aliphatic heterocycles. The van der Waals surface area contributed by atoms with Crippen LogP contribution in [0.5, 0.6) is 0 Å². The maximum Gasteiger partial charge on any atom is 0.516 e. The summed E-state index contributed by atoms with van der Waals surface area (Å²) in [4.78, 5) is 3.96. The standard InChI is InChI=1S/C15H18BFN2O2/c1-14(2)15(3,4)21-16(20-14)13-9-19(10-18-13)12-7-5-6-11(17)8-12/h5-10H,1-4H3/i5D,6D,7D,8D,9D,10D. The van der Waals surface area contributed by atoms with Gasteiger partial charge in [-0.25, -0.2) is 9.37 Å². The Kier molecular flexibility index (Phi) is 1.94. The monoisotopic (exact) mass is 294 g/mol. The Bertz CT molecular complexity index is 904. The molecule has 0 saturated carbocycles. The van der Waals surface area contributed by atoms with E-state index in [9.17, 15) is 4.39 Å². The van der Waals surface area contributed by atoms with E-state index in [0.717, 1.165) is 4.57 Å². The Labute approximate surface area is 132 Å². The van der Waals surface area contributed by atoms with E-state index in [1.165, 1.54) is 0 Å². The van der Waals surface area contributed by atoms with Crippen molar-refractivity contribution in [2.45, 2.75) is 38.9 Å². The first-order chi connectivity index (χ1) is 12.3. The molecule has 0 aliphatic carbocycles. The third-order valence-corrected chi connectivity index (χ3v) is 3.78. The van der Waals surface area contributed by atoms with Crippen LogP contribution in [0.1, 0.15) is 35.9 Å². The van der Waals surface area contributed by atoms with Gasteiger partial charge in [0.2, 0.25) is 0 Å². The van der Waals surface area contributed by atoms with E-state index in [2.05, 4.69) is 4.98 Å². The molecule has 2 aromatic rings. The second-order valence-corrected chi connectivity index (χ2v) is 5.80. The zero-order valence-electron chi connectivity index (χ0n) is 18.2. The highest BCUT2D eigenvalue weighted by atomic mass is 19.1. The molecule has 0 spiro atoms. The normalized spacial score (nSPS) is 24.0. The van der Waals surface area contributed by atoms with Gasteiger partial charge in [0.05, 0.1) is 30.0 Å². The first-order valence-corrected chi connectivity index (χ1v) is 6.48. The van der Waals surface area contributed by atoms with Crippen molar-refractivity contribution in [3.8, 4) is 5.69 Å². The van der Waals surface area contributed by atoms with E-state index >= 15 is 0 Å². The molecule has 110 valence electrons. The summed E-state index contributed by atoms with van der Waals surface area (Å²) in [6.07, 6.45) is -0.930. The molecule has 3 rings (SSSR count). The quantitative estimate of drug-likeness (QED) is 0.798. The summed E-state index contributed by atoms with van der Waals surface area (Å²) in [6, 6.07) is -3.09. The fourth-order valence-electron chi connectivity index (χ4n) is 1.86. The fraction of sp³-hybridized carbons (Fsp3) is 0.400. The Morgan fingerprint density at radius 3 is 2.57 bits per heavy atom. The fourth-order valence-corrected chi connectivity index (χ4v) is 1.86. The molecule has 1 aliphatic rings. The second kappa shape index (κ2) is 4.68. The van der Waals surface area contributed by atoms with Crippen molar-refractivity contribution >= 4 is 12.7 Å². The molecule has 4 nitrogen and oxygen atoms in total. The Morgan fingerprint density at radius 2 is 1.90 bits per heavy atom. The zero-order chi connectivity index (χ0) is 20.5. The first-order valence-electron chi connectivity index (χ1n) is 9.48. The summed E-state index contributed by atoms with van der Waals surface area (Å²) in [5.41, 5.74) is -1.94. The highest BCUT2D eigenvalue weighted by Crippen LogP contribution is 2.36. The number of hydrogen-bond donors (Lipinski definition) is 0. The maximum atomic E-state index is 14.1. The maximum absolute atomic E-state index is 14.1. The van der Waals surface area contributed by atoms with Crippen molar-refractivity contribution in [2.24, 2.45) is 0 Å². The molecule has 1 aromatic carbocycles. The van der Waals surface area contributed by atoms with Crippen molar-refractivity contribution in [1.29, 1.82) is 0 Å². The Balaban J connectivity index is 2.18. The van der Waals surface area contributed by atoms with Crippen LogP contribution in [-0.4, -0.2) is 27.9 Å². The minimum Gasteiger partial charge on any atom is -0.398 e. The van der Waals surface area contributed by atoms with E-state index in [-0.39, 0.29) is 5.59 Å². The summed E-state index contributed by atoms with van der Waals surface area (Å²) >= 11 is 0. The van der Waals surface area contributed by atoms with Crippen molar-refractivity contribution < 1.29 is 21.9 Å². The van der Waals surface area contributed by atoms with Gasteiger partial charge in [0.25, 0.3) is 0 Å². The van der Waals surface area contributed by atoms with Crippen LogP contribution in [-0.2, 0) is 9.31 Å². The topological polar surface area (TPSA) is 36.3 Å². The van der Waals surface area contributed by atoms with Gasteiger partial charge in [0.15, 0.2) is 0 Å². The lowest BCUT2D eigenvalue weighted by Gasteiger charge is -2.32. The van der Waals surface area contributed by atoms with Crippen LogP contribution in [0.2, 0.25) is 0 Å². The number of nitrogens with zero attached hydrogens (tertiary/aromatic N) is 2. The average molecular weight is 294 g/mol. The van der Waals surface area contributed by atoms with E-state index in [0.29, 0.717) is 0 Å². The van der Waals surface area contributed by atoms with Gasteiger partial charge in [-0.3, -0.25) is 0 Å². The van der Waals surface area contributed by atoms with Crippen LogP contribution in [0.4, 0.5) is 4.39 Å². The van der Waals surface area contributed by atoms with Crippen LogP contribution in [0.3, 0.4) is 0 Å². The van der Waals surface area contributed by atoms with Gasteiger partial charge in [-0.05, 0) is 45.8 Å². The number of benzene rings is 1. The van der Waals surface area contributed by atoms with E-state index < -0.39 is 66.5 Å². The smallest absolute Gasteiger partial charge is 0.398 e. The van der Waals surface area contributed by atoms with Crippen molar-refractivity contribution in [3.63, 3.8) is 0 Å². The van der Waals surface area contributed by atoms with Gasteiger partial charge in [-0.1, -0.05) is 6.04 Å². The van der Waals surface area contributed by atoms with Crippen molar-refractivity contribution in [2.75, 3.05) is 0 Å². The van der Waals surface area contributed by atoms with Crippen LogP contribution in [0.15, 0.2) is 36.6 Å². The van der Waals surface area contributed by atoms with Crippen LogP contribution >= 0.6 is 0 Å². The molecule has 0 bridgehead atoms. The highest BCUT2D eigenvalue weighted by Gasteiger charge is 2.52. The van der Waals surface area contributed by atoms with E-state index in [1.54, 1.807) is 0 Å². The Hall–Kier alpha value is -1.66. The summed E-state index contributed by atoms with van der Waals surface area (Å²) < 4.78 is 73.9. The average Bonchev–Trinajstić information content (AvgIpc) is 2.97. The Morgan fingerprint density at radius 1 is 1.24 bits per heavy atom. The van der Waals surface area contributed by atoms with E-state index in [4.69, 9.17) is 17.5 Å². The minimum atomic E-state index is -1.30. The molecule has 0 N–H and O–H groups in total. The summed E-state index contributed by atoms with van der Waals surface area (Å²) in [5.74, 6) is -1.30. The van der Waals surface area contributed by atoms with Gasteiger partial charge in [0.1, 0.15) is 7.19 Å². The minimum absolute atomic E-state index is 0.0423. The molecule has 21 heavy (non-hydrogen) atoms. The summed E-state index contributed by atoms with van der Waals surface area (Å²) in [5, 5.41) is 0. The number of aromatic nitrogens is 2. The molecule has 6 heteroatoms. The zero-order valence-corrected chi connectivity index (χ0v) is 12.2. The van der Waals surface area contributed by atoms with Crippen LogP contribution in [0.25, 0.3) is 5.69 Å². The lowest BCUT2D eigenvalue weighted by atomic mass is 9.86. The van der Waals surface area contributed by atoms with Gasteiger partial charge in [0, 0.05) is 11.9 Å². The second-order valence-electron chi connectivity index (χ2n) is 5.80. The van der Waals surface area contributed by atoms with Crippen molar-refractivity contribution in [1.82, 2.24) is 9.55 Å². The predicted octanol–water partition coefficient (Wildman–Crippen LogP) is 2.31. The lowest BCUT2D eigenvalue weighted by Crippen LogP contribution is -2.41. The molecule has 1 saturated heterocycles. The molecule has 0 atom stereocenters. The molecule has 1 fully saturated rings. The number of imidazole rings is 1. The summed E-state index contributed by atoms with van der Waals surface area (Å²) in [7, 11) is -1.05. The number of halogens is 1. The van der Waals surface area contributed by atoms with Crippen molar-refractivity contribution in [3.05, 3.63) is 42.5 Å². The summed E-state index contributed by atoms with van der Waals surface area (Å²) in [6.45, 7) is 7.25. The first kappa shape index (κ1) is 8.71. The van der Waals surface area contributed by atoms with Crippen LogP contribution in [0, 0.1) is 5.82 Å². The molecule has 0 unspecified atom stereocenters. The van der Waals surface area contributed by atoms with Gasteiger partial charge >= 0.3 is 7.12 Å². The third kappa shape index (κ3) is 2.49. The molecule has 0 radical (unpaired) electrons. The van der Waals surface area contributed by atoms with Gasteiger partial charge < -0.3 is 13.9 Å². The van der Waals surface area contributed by atoms with E-state index in [1.807, 2.05) is 27.7 Å². The molecule has 1 aromatic heterocycles. The lowest BCUT2D eigenvalue weighted by molar-refractivity contribution is 0.00578. The van der Waals surface area contributed by atoms with Crippen LogP contribution < -0.4 is 5.59 Å². The predicted molar refractivity (Wildman–Crippen MR) is 79.2 cm³/mol. The SMILES string of the molecule is [2H]c1c([2H])c(F)c([2H])c(-n2c([2H])nc(B3OC(C)(C)C(C)(C)O3)c2[2H])c1[2H]. The molecule has 2 heterocycles. The highest BCUT2D eigenvalue weighted by molar-refractivity contribution is 6.61. The number of rotatable bonds is 2. The number of hydrogen-bond acceptors (Lipinski definition) is 3. The molecular weight excluding hydrogens is 270 g/mol. The molecular formula is C15H18BFN2O2.